The van der Waals surface area contributed by atoms with Crippen LogP contribution in [0.1, 0.15) is 52.5 Å². The quantitative estimate of drug-likeness (QED) is 0.245. The average molecular weight is 539 g/mol. The van der Waals surface area contributed by atoms with Gasteiger partial charge in [0.2, 0.25) is 15.7 Å². The summed E-state index contributed by atoms with van der Waals surface area (Å²) in [6.45, 7) is 8.63. The largest absolute Gasteiger partial charge is 0.748 e. The first kappa shape index (κ1) is 28.2. The van der Waals surface area contributed by atoms with Gasteiger partial charge in [0.05, 0.1) is 27.0 Å². The fourth-order valence-electron chi connectivity index (χ4n) is 4.78. The molecule has 1 aliphatic heterocycles. The van der Waals surface area contributed by atoms with E-state index in [1.807, 2.05) is 37.5 Å². The van der Waals surface area contributed by atoms with Gasteiger partial charge in [-0.3, -0.25) is 4.79 Å². The summed E-state index contributed by atoms with van der Waals surface area (Å²) in [7, 11) is -6.63. The van der Waals surface area contributed by atoms with Gasteiger partial charge in [-0.25, -0.2) is 21.1 Å². The summed E-state index contributed by atoms with van der Waals surface area (Å²) < 4.78 is 68.4. The zero-order valence-electron chi connectivity index (χ0n) is 21.4. The summed E-state index contributed by atoms with van der Waals surface area (Å²) >= 11 is 0. The van der Waals surface area contributed by atoms with Crippen molar-refractivity contribution in [1.29, 1.82) is 0 Å². The Bertz CT molecular complexity index is 1410. The molecule has 0 aromatic heterocycles. The van der Waals surface area contributed by atoms with Crippen molar-refractivity contribution in [3.05, 3.63) is 35.9 Å². The van der Waals surface area contributed by atoms with E-state index in [0.717, 1.165) is 22.3 Å². The van der Waals surface area contributed by atoms with Crippen molar-refractivity contribution in [3.63, 3.8) is 0 Å². The molecule has 0 fully saturated rings. The minimum absolute atomic E-state index is 0.142. The number of rotatable bonds is 11. The molecule has 0 radical (unpaired) electrons. The van der Waals surface area contributed by atoms with Gasteiger partial charge in [0.25, 0.3) is 0 Å². The van der Waals surface area contributed by atoms with E-state index >= 15 is 0 Å². The summed E-state index contributed by atoms with van der Waals surface area (Å²) in [6, 6.07) is 8.84. The van der Waals surface area contributed by atoms with Gasteiger partial charge in [-0.2, -0.15) is 4.58 Å². The summed E-state index contributed by atoms with van der Waals surface area (Å²) in [5, 5.41) is 1.40. The molecule has 0 saturated carbocycles. The van der Waals surface area contributed by atoms with Crippen LogP contribution >= 0.6 is 0 Å². The van der Waals surface area contributed by atoms with Crippen molar-refractivity contribution >= 4 is 48.3 Å². The molecule has 0 amide bonds. The maximum atomic E-state index is 13.5. The molecule has 3 rings (SSSR count). The third-order valence-corrected chi connectivity index (χ3v) is 9.55. The maximum Gasteiger partial charge on any atom is 0.305 e. The van der Waals surface area contributed by atoms with Crippen LogP contribution in [0.5, 0.6) is 0 Å². The topological polar surface area (TPSA) is 124 Å². The van der Waals surface area contributed by atoms with Crippen molar-refractivity contribution in [1.82, 2.24) is 4.31 Å². The number of hydrogen-bond donors (Lipinski definition) is 0. The van der Waals surface area contributed by atoms with Crippen molar-refractivity contribution in [2.75, 3.05) is 32.5 Å². The average Bonchev–Trinajstić information content (AvgIpc) is 2.98. The molecule has 1 heterocycles. The third kappa shape index (κ3) is 5.64. The van der Waals surface area contributed by atoms with Crippen LogP contribution in [0.25, 0.3) is 10.8 Å². The number of hydrogen-bond acceptors (Lipinski definition) is 7. The van der Waals surface area contributed by atoms with E-state index in [-0.39, 0.29) is 36.9 Å². The summed E-state index contributed by atoms with van der Waals surface area (Å²) in [4.78, 5) is 11.8. The van der Waals surface area contributed by atoms with Crippen LogP contribution in [-0.4, -0.2) is 74.4 Å². The molecular weight excluding hydrogens is 504 g/mol. The first-order valence-electron chi connectivity index (χ1n) is 11.9. The molecule has 198 valence electrons. The highest BCUT2D eigenvalue weighted by molar-refractivity contribution is 7.89. The number of carbonyl (C=O) groups is 1. The van der Waals surface area contributed by atoms with Gasteiger partial charge < -0.3 is 9.29 Å². The lowest BCUT2D eigenvalue weighted by Crippen LogP contribution is -2.29. The Hall–Kier alpha value is -2.34. The minimum atomic E-state index is -4.30. The van der Waals surface area contributed by atoms with Crippen LogP contribution in [-0.2, 0) is 35.1 Å². The van der Waals surface area contributed by atoms with Crippen LogP contribution in [0.4, 0.5) is 5.69 Å². The van der Waals surface area contributed by atoms with Gasteiger partial charge in [0.1, 0.15) is 6.54 Å². The first-order valence-corrected chi connectivity index (χ1v) is 15.0. The van der Waals surface area contributed by atoms with Crippen molar-refractivity contribution in [2.24, 2.45) is 0 Å². The number of esters is 1. The Labute approximate surface area is 213 Å². The van der Waals surface area contributed by atoms with Gasteiger partial charge in [-0.15, -0.1) is 0 Å². The van der Waals surface area contributed by atoms with Gasteiger partial charge in [-0.05, 0) is 44.7 Å². The van der Waals surface area contributed by atoms with Crippen molar-refractivity contribution in [3.8, 4) is 0 Å². The highest BCUT2D eigenvalue weighted by atomic mass is 32.2. The Morgan fingerprint density at radius 3 is 2.42 bits per heavy atom. The number of sulfonamides is 1. The van der Waals surface area contributed by atoms with Crippen LogP contribution in [0, 0.1) is 0 Å². The molecule has 0 aliphatic carbocycles. The molecule has 2 aromatic carbocycles. The Morgan fingerprint density at radius 2 is 1.78 bits per heavy atom. The molecule has 9 nitrogen and oxygen atoms in total. The van der Waals surface area contributed by atoms with Crippen molar-refractivity contribution in [2.45, 2.75) is 57.3 Å². The molecule has 0 spiro atoms. The smallest absolute Gasteiger partial charge is 0.305 e. The highest BCUT2D eigenvalue weighted by Crippen LogP contribution is 2.45. The molecule has 0 atom stereocenters. The van der Waals surface area contributed by atoms with Gasteiger partial charge in [0, 0.05) is 56.1 Å². The summed E-state index contributed by atoms with van der Waals surface area (Å²) in [5.41, 5.74) is 2.41. The standard InChI is InChI=1S/C25H34N2O7S2/c1-6-34-23(28)12-8-15-26(5)36(32,33)22-11-7-10-20-19(22)13-14-21-24(20)25(3,4)18(2)27(21)16-9-17-35(29,30)31/h7,10-11,13-14H,6,8-9,12,15-17H2,1-5H3. The number of fused-ring (bicyclic) bond motifs is 3. The molecule has 36 heavy (non-hydrogen) atoms. The fraction of sp³-hybridized carbons (Fsp3) is 0.520. The molecule has 1 aliphatic rings. The minimum Gasteiger partial charge on any atom is -0.748 e. The second-order valence-electron chi connectivity index (χ2n) is 9.52. The van der Waals surface area contributed by atoms with Crippen molar-refractivity contribution < 1.29 is 35.5 Å². The third-order valence-electron chi connectivity index (χ3n) is 6.85. The van der Waals surface area contributed by atoms with Crippen LogP contribution in [0.2, 0.25) is 0 Å². The first-order chi connectivity index (χ1) is 16.7. The monoisotopic (exact) mass is 538 g/mol. The lowest BCUT2D eigenvalue weighted by atomic mass is 9.80. The van der Waals surface area contributed by atoms with E-state index in [9.17, 15) is 26.2 Å². The molecule has 0 bridgehead atoms. The lowest BCUT2D eigenvalue weighted by molar-refractivity contribution is -0.438. The van der Waals surface area contributed by atoms with E-state index in [2.05, 4.69) is 0 Å². The highest BCUT2D eigenvalue weighted by Gasteiger charge is 2.44. The molecular formula is C25H34N2O7S2. The normalized spacial score (nSPS) is 15.5. The Morgan fingerprint density at radius 1 is 1.08 bits per heavy atom. The lowest BCUT2D eigenvalue weighted by Gasteiger charge is -2.21. The number of benzene rings is 2. The van der Waals surface area contributed by atoms with E-state index in [1.165, 1.54) is 11.4 Å². The fourth-order valence-corrected chi connectivity index (χ4v) is 6.67. The van der Waals surface area contributed by atoms with Gasteiger partial charge in [-0.1, -0.05) is 12.1 Å². The molecule has 0 saturated heterocycles. The Kier molecular flexibility index (Phi) is 8.29. The predicted octanol–water partition coefficient (Wildman–Crippen LogP) is 3.14. The zero-order chi connectivity index (χ0) is 26.9. The van der Waals surface area contributed by atoms with Crippen LogP contribution < -0.4 is 0 Å². The summed E-state index contributed by atoms with van der Waals surface area (Å²) in [5.74, 6) is -0.791. The number of carbonyl (C=O) groups excluding carboxylic acids is 1. The molecule has 2 aromatic rings. The van der Waals surface area contributed by atoms with E-state index in [4.69, 9.17) is 4.74 Å². The zero-order valence-corrected chi connectivity index (χ0v) is 23.0. The summed E-state index contributed by atoms with van der Waals surface area (Å²) in [6.07, 6.45) is 0.690. The van der Waals surface area contributed by atoms with Gasteiger partial charge >= 0.3 is 5.97 Å². The Balaban J connectivity index is 1.97. The maximum absolute atomic E-state index is 13.5. The van der Waals surface area contributed by atoms with E-state index in [1.54, 1.807) is 25.1 Å². The second-order valence-corrected chi connectivity index (χ2v) is 13.1. The molecule has 11 heteroatoms. The van der Waals surface area contributed by atoms with Crippen LogP contribution in [0.15, 0.2) is 35.2 Å². The van der Waals surface area contributed by atoms with E-state index < -0.39 is 31.3 Å². The molecule has 0 unspecified atom stereocenters. The van der Waals surface area contributed by atoms with Crippen LogP contribution in [0.3, 0.4) is 0 Å². The number of nitrogens with zero attached hydrogens (tertiary/aromatic N) is 2. The van der Waals surface area contributed by atoms with E-state index in [0.29, 0.717) is 18.4 Å². The van der Waals surface area contributed by atoms with Gasteiger partial charge in [0.15, 0.2) is 5.71 Å². The SMILES string of the molecule is CCOC(=O)CCCN(C)S(=O)(=O)c1cccc2c3c(ccc12)[N+](CCCS(=O)(=O)[O-])=C(C)C3(C)C. The predicted molar refractivity (Wildman–Crippen MR) is 137 cm³/mol. The second kappa shape index (κ2) is 10.6. The molecule has 0 N–H and O–H groups in total. The number of ether oxygens (including phenoxy) is 1.